The van der Waals surface area contributed by atoms with E-state index >= 15 is 0 Å². The molecule has 0 bridgehead atoms. The number of amides is 1. The highest BCUT2D eigenvalue weighted by Crippen LogP contribution is 2.28. The third-order valence-corrected chi connectivity index (χ3v) is 5.57. The second kappa shape index (κ2) is 8.27. The van der Waals surface area contributed by atoms with Crippen LogP contribution in [0.1, 0.15) is 24.5 Å². The van der Waals surface area contributed by atoms with Crippen molar-refractivity contribution in [3.8, 4) is 0 Å². The molecule has 1 atom stereocenters. The summed E-state index contributed by atoms with van der Waals surface area (Å²) in [5.74, 6) is -1.12. The van der Waals surface area contributed by atoms with E-state index in [1.165, 1.54) is 12.1 Å². The van der Waals surface area contributed by atoms with Crippen molar-refractivity contribution in [1.82, 2.24) is 0 Å². The van der Waals surface area contributed by atoms with Gasteiger partial charge < -0.3 is 5.32 Å². The van der Waals surface area contributed by atoms with Gasteiger partial charge in [0.25, 0.3) is 0 Å². The molecule has 0 heterocycles. The zero-order valence-corrected chi connectivity index (χ0v) is 17.2. The summed E-state index contributed by atoms with van der Waals surface area (Å²) in [5.41, 5.74) is 2.36. The van der Waals surface area contributed by atoms with E-state index in [4.69, 9.17) is 11.6 Å². The van der Waals surface area contributed by atoms with Crippen molar-refractivity contribution in [1.29, 1.82) is 0 Å². The minimum atomic E-state index is -3.73. The van der Waals surface area contributed by atoms with E-state index < -0.39 is 27.8 Å². The first-order valence-corrected chi connectivity index (χ1v) is 10.6. The van der Waals surface area contributed by atoms with Crippen LogP contribution in [0.3, 0.4) is 0 Å². The summed E-state index contributed by atoms with van der Waals surface area (Å²) >= 11 is 5.75. The van der Waals surface area contributed by atoms with Crippen LogP contribution in [0.2, 0.25) is 5.02 Å². The molecular weight excluding hydrogens is 391 g/mol. The van der Waals surface area contributed by atoms with Crippen LogP contribution < -0.4 is 9.62 Å². The third kappa shape index (κ3) is 4.99. The number of aryl methyl sites for hydroxylation is 2. The molecule has 0 saturated carbocycles. The molecule has 8 heteroatoms. The maximum absolute atomic E-state index is 13.3. The summed E-state index contributed by atoms with van der Waals surface area (Å²) in [6.45, 7) is 5.37. The van der Waals surface area contributed by atoms with Gasteiger partial charge in [0.1, 0.15) is 11.9 Å². The topological polar surface area (TPSA) is 66.5 Å². The van der Waals surface area contributed by atoms with Gasteiger partial charge in [0.15, 0.2) is 0 Å². The quantitative estimate of drug-likeness (QED) is 0.770. The lowest BCUT2D eigenvalue weighted by atomic mass is 10.1. The molecule has 27 heavy (non-hydrogen) atoms. The van der Waals surface area contributed by atoms with Crippen LogP contribution in [0.15, 0.2) is 36.4 Å². The number of rotatable bonds is 6. The molecule has 146 valence electrons. The van der Waals surface area contributed by atoms with Gasteiger partial charge >= 0.3 is 0 Å². The number of carbonyl (C=O) groups excluding carboxylic acids is 1. The molecule has 1 N–H and O–H groups in total. The Bertz CT molecular complexity index is 963. The van der Waals surface area contributed by atoms with Crippen LogP contribution in [-0.4, -0.2) is 26.6 Å². The molecule has 0 radical (unpaired) electrons. The molecule has 0 aliphatic carbocycles. The normalized spacial score (nSPS) is 12.5. The predicted molar refractivity (Wildman–Crippen MR) is 107 cm³/mol. The molecule has 5 nitrogen and oxygen atoms in total. The fourth-order valence-corrected chi connectivity index (χ4v) is 4.23. The van der Waals surface area contributed by atoms with Crippen molar-refractivity contribution in [2.45, 2.75) is 33.2 Å². The number of hydrogen-bond acceptors (Lipinski definition) is 3. The van der Waals surface area contributed by atoms with E-state index in [2.05, 4.69) is 5.32 Å². The molecule has 0 aromatic heterocycles. The molecule has 2 rings (SSSR count). The van der Waals surface area contributed by atoms with Crippen molar-refractivity contribution in [2.75, 3.05) is 15.9 Å². The number of sulfonamides is 1. The number of nitrogens with one attached hydrogen (secondary N) is 1. The van der Waals surface area contributed by atoms with Gasteiger partial charge in [0.05, 0.1) is 17.0 Å². The molecule has 2 aromatic carbocycles. The molecule has 0 aliphatic heterocycles. The summed E-state index contributed by atoms with van der Waals surface area (Å²) in [4.78, 5) is 12.8. The zero-order chi connectivity index (χ0) is 20.4. The van der Waals surface area contributed by atoms with Gasteiger partial charge in [-0.3, -0.25) is 9.10 Å². The summed E-state index contributed by atoms with van der Waals surface area (Å²) in [6, 6.07) is 8.25. The van der Waals surface area contributed by atoms with Crippen molar-refractivity contribution >= 4 is 38.9 Å². The molecular formula is C19H22ClFN2O3S. The maximum Gasteiger partial charge on any atom is 0.248 e. The van der Waals surface area contributed by atoms with Crippen molar-refractivity contribution < 1.29 is 17.6 Å². The SMILES string of the molecule is CC[C@@H](C(=O)Nc1ccc(F)c(Cl)c1)N(c1cc(C)ccc1C)S(C)(=O)=O. The van der Waals surface area contributed by atoms with E-state index in [0.29, 0.717) is 11.4 Å². The Labute approximate surface area is 164 Å². The monoisotopic (exact) mass is 412 g/mol. The molecule has 0 unspecified atom stereocenters. The van der Waals surface area contributed by atoms with Crippen molar-refractivity contribution in [3.63, 3.8) is 0 Å². The maximum atomic E-state index is 13.3. The Morgan fingerprint density at radius 1 is 1.22 bits per heavy atom. The summed E-state index contributed by atoms with van der Waals surface area (Å²) in [7, 11) is -3.73. The summed E-state index contributed by atoms with van der Waals surface area (Å²) < 4.78 is 39.5. The lowest BCUT2D eigenvalue weighted by Gasteiger charge is -2.31. The molecule has 0 fully saturated rings. The molecule has 0 aliphatic rings. The number of hydrogen-bond donors (Lipinski definition) is 1. The number of carbonyl (C=O) groups is 1. The van der Waals surface area contributed by atoms with Gasteiger partial charge in [0.2, 0.25) is 15.9 Å². The Hall–Kier alpha value is -2.12. The fourth-order valence-electron chi connectivity index (χ4n) is 2.79. The van der Waals surface area contributed by atoms with Gasteiger partial charge in [-0.2, -0.15) is 0 Å². The van der Waals surface area contributed by atoms with Gasteiger partial charge in [0, 0.05) is 5.69 Å². The van der Waals surface area contributed by atoms with E-state index in [1.807, 2.05) is 19.1 Å². The summed E-state index contributed by atoms with van der Waals surface area (Å²) in [6.07, 6.45) is 1.32. The van der Waals surface area contributed by atoms with Crippen molar-refractivity contribution in [3.05, 3.63) is 58.4 Å². The second-order valence-corrected chi connectivity index (χ2v) is 8.66. The first kappa shape index (κ1) is 21.2. The first-order valence-electron chi connectivity index (χ1n) is 8.37. The van der Waals surface area contributed by atoms with Crippen LogP contribution in [0.5, 0.6) is 0 Å². The van der Waals surface area contributed by atoms with Crippen LogP contribution >= 0.6 is 11.6 Å². The van der Waals surface area contributed by atoms with E-state index in [9.17, 15) is 17.6 Å². The Balaban J connectivity index is 2.44. The Kier molecular flexibility index (Phi) is 6.49. The average molecular weight is 413 g/mol. The predicted octanol–water partition coefficient (Wildman–Crippen LogP) is 4.28. The van der Waals surface area contributed by atoms with Crippen LogP contribution in [0, 0.1) is 19.7 Å². The Morgan fingerprint density at radius 2 is 1.89 bits per heavy atom. The van der Waals surface area contributed by atoms with Gasteiger partial charge in [-0.1, -0.05) is 30.7 Å². The Morgan fingerprint density at radius 3 is 2.44 bits per heavy atom. The highest BCUT2D eigenvalue weighted by molar-refractivity contribution is 7.92. The van der Waals surface area contributed by atoms with Crippen molar-refractivity contribution in [2.24, 2.45) is 0 Å². The molecule has 0 saturated heterocycles. The van der Waals surface area contributed by atoms with Crippen LogP contribution in [-0.2, 0) is 14.8 Å². The first-order chi connectivity index (χ1) is 12.5. The smallest absolute Gasteiger partial charge is 0.248 e. The highest BCUT2D eigenvalue weighted by Gasteiger charge is 2.32. The lowest BCUT2D eigenvalue weighted by Crippen LogP contribution is -2.47. The number of halogens is 2. The minimum Gasteiger partial charge on any atom is -0.324 e. The third-order valence-electron chi connectivity index (χ3n) is 4.12. The highest BCUT2D eigenvalue weighted by atomic mass is 35.5. The van der Waals surface area contributed by atoms with Crippen LogP contribution in [0.25, 0.3) is 0 Å². The molecule has 0 spiro atoms. The molecule has 1 amide bonds. The number of benzene rings is 2. The van der Waals surface area contributed by atoms with Crippen LogP contribution in [0.4, 0.5) is 15.8 Å². The lowest BCUT2D eigenvalue weighted by molar-refractivity contribution is -0.117. The second-order valence-electron chi connectivity index (χ2n) is 6.39. The van der Waals surface area contributed by atoms with E-state index in [1.54, 1.807) is 19.9 Å². The fraction of sp³-hybridized carbons (Fsp3) is 0.316. The molecule has 2 aromatic rings. The summed E-state index contributed by atoms with van der Waals surface area (Å²) in [5, 5.41) is 2.49. The van der Waals surface area contributed by atoms with Gasteiger partial charge in [-0.25, -0.2) is 12.8 Å². The number of nitrogens with zero attached hydrogens (tertiary/aromatic N) is 1. The zero-order valence-electron chi connectivity index (χ0n) is 15.6. The standard InChI is InChI=1S/C19H22ClFN2O3S/c1-5-17(19(24)22-14-8-9-16(21)15(20)11-14)23(27(4,25)26)18-10-12(2)6-7-13(18)3/h6-11,17H,5H2,1-4H3,(H,22,24)/t17-/m0/s1. The van der Waals surface area contributed by atoms with Gasteiger partial charge in [-0.15, -0.1) is 0 Å². The van der Waals surface area contributed by atoms with Gasteiger partial charge in [-0.05, 0) is 55.7 Å². The van der Waals surface area contributed by atoms with E-state index in [-0.39, 0.29) is 11.4 Å². The van der Waals surface area contributed by atoms with E-state index in [0.717, 1.165) is 27.8 Å². The largest absolute Gasteiger partial charge is 0.324 e. The number of anilines is 2. The minimum absolute atomic E-state index is 0.129. The average Bonchev–Trinajstić information content (AvgIpc) is 2.57.